The smallest absolute Gasteiger partial charge is 0.226 e. The van der Waals surface area contributed by atoms with Crippen LogP contribution in [0.3, 0.4) is 0 Å². The summed E-state index contributed by atoms with van der Waals surface area (Å²) in [4.78, 5) is 16.2. The van der Waals surface area contributed by atoms with Gasteiger partial charge in [0.05, 0.1) is 10.7 Å². The predicted molar refractivity (Wildman–Crippen MR) is 124 cm³/mol. The molecule has 5 nitrogen and oxygen atoms in total. The molecule has 2 aromatic carbocycles. The first-order chi connectivity index (χ1) is 12.6. The Labute approximate surface area is 183 Å². The van der Waals surface area contributed by atoms with Gasteiger partial charge in [0, 0.05) is 26.6 Å². The number of guanidine groups is 1. The number of amides is 1. The van der Waals surface area contributed by atoms with Crippen molar-refractivity contribution in [2.45, 2.75) is 19.8 Å². The lowest BCUT2D eigenvalue weighted by Crippen LogP contribution is -2.39. The molecule has 0 radical (unpaired) electrons. The summed E-state index contributed by atoms with van der Waals surface area (Å²) >= 11 is 6.13. The van der Waals surface area contributed by atoms with Gasteiger partial charge in [-0.05, 0) is 36.6 Å². The number of hydrogen-bond acceptors (Lipinski definition) is 2. The molecule has 0 fully saturated rings. The molecule has 0 unspecified atom stereocenters. The Bertz CT molecular complexity index is 753. The fourth-order valence-electron chi connectivity index (χ4n) is 2.42. The highest BCUT2D eigenvalue weighted by molar-refractivity contribution is 14.0. The van der Waals surface area contributed by atoms with Gasteiger partial charge in [-0.3, -0.25) is 9.79 Å². The lowest BCUT2D eigenvalue weighted by Gasteiger charge is -2.12. The van der Waals surface area contributed by atoms with E-state index in [4.69, 9.17) is 11.6 Å². The third kappa shape index (κ3) is 8.62. The van der Waals surface area contributed by atoms with Gasteiger partial charge in [-0.15, -0.1) is 24.0 Å². The van der Waals surface area contributed by atoms with E-state index in [9.17, 15) is 4.79 Å². The third-order valence-corrected chi connectivity index (χ3v) is 4.13. The second-order valence-electron chi connectivity index (χ2n) is 5.94. The minimum Gasteiger partial charge on any atom is -0.356 e. The van der Waals surface area contributed by atoms with Crippen molar-refractivity contribution in [3.8, 4) is 0 Å². The molecule has 3 N–H and O–H groups in total. The number of benzene rings is 2. The minimum atomic E-state index is -0.0945. The molecular formula is C20H26ClIN4O. The first-order valence-electron chi connectivity index (χ1n) is 8.63. The molecule has 2 rings (SSSR count). The minimum absolute atomic E-state index is 0. The van der Waals surface area contributed by atoms with Crippen molar-refractivity contribution in [3.05, 3.63) is 64.7 Å². The van der Waals surface area contributed by atoms with Gasteiger partial charge in [0.15, 0.2) is 5.96 Å². The lowest BCUT2D eigenvalue weighted by atomic mass is 10.1. The van der Waals surface area contributed by atoms with Gasteiger partial charge in [0.25, 0.3) is 0 Å². The highest BCUT2D eigenvalue weighted by atomic mass is 127. The summed E-state index contributed by atoms with van der Waals surface area (Å²) < 4.78 is 0. The quantitative estimate of drug-likeness (QED) is 0.306. The van der Waals surface area contributed by atoms with Crippen LogP contribution in [-0.4, -0.2) is 32.0 Å². The fraction of sp³-hybridized carbons (Fsp3) is 0.300. The number of rotatable bonds is 7. The molecule has 0 saturated heterocycles. The maximum Gasteiger partial charge on any atom is 0.226 e. The second kappa shape index (κ2) is 12.6. The van der Waals surface area contributed by atoms with Crippen molar-refractivity contribution in [1.29, 1.82) is 0 Å². The summed E-state index contributed by atoms with van der Waals surface area (Å²) in [7, 11) is 1.71. The molecular weight excluding hydrogens is 475 g/mol. The molecule has 0 saturated carbocycles. The van der Waals surface area contributed by atoms with Gasteiger partial charge < -0.3 is 16.0 Å². The molecule has 27 heavy (non-hydrogen) atoms. The van der Waals surface area contributed by atoms with Crippen LogP contribution < -0.4 is 16.0 Å². The van der Waals surface area contributed by atoms with E-state index in [1.165, 1.54) is 5.56 Å². The number of hydrogen-bond donors (Lipinski definition) is 3. The monoisotopic (exact) mass is 500 g/mol. The molecule has 0 aliphatic carbocycles. The first kappa shape index (κ1) is 23.2. The topological polar surface area (TPSA) is 65.5 Å². The number of nitrogens with one attached hydrogen (secondary N) is 3. The number of aryl methyl sites for hydroxylation is 1. The van der Waals surface area contributed by atoms with Crippen LogP contribution in [0.1, 0.15) is 17.5 Å². The highest BCUT2D eigenvalue weighted by Gasteiger charge is 2.06. The van der Waals surface area contributed by atoms with Crippen LogP contribution in [0.4, 0.5) is 5.69 Å². The lowest BCUT2D eigenvalue weighted by molar-refractivity contribution is -0.116. The largest absolute Gasteiger partial charge is 0.356 e. The summed E-state index contributed by atoms with van der Waals surface area (Å²) in [6, 6.07) is 15.8. The van der Waals surface area contributed by atoms with Crippen molar-refractivity contribution in [1.82, 2.24) is 10.6 Å². The molecule has 0 atom stereocenters. The average molecular weight is 501 g/mol. The van der Waals surface area contributed by atoms with Crippen molar-refractivity contribution >= 4 is 53.1 Å². The molecule has 0 bridgehead atoms. The molecule has 7 heteroatoms. The summed E-state index contributed by atoms with van der Waals surface area (Å²) in [5.74, 6) is 0.588. The number of carbonyl (C=O) groups excluding carboxylic acids is 1. The van der Waals surface area contributed by atoms with Gasteiger partial charge in [0.2, 0.25) is 5.91 Å². The van der Waals surface area contributed by atoms with Crippen LogP contribution >= 0.6 is 35.6 Å². The summed E-state index contributed by atoms with van der Waals surface area (Å²) in [5, 5.41) is 9.75. The first-order valence-corrected chi connectivity index (χ1v) is 9.00. The molecule has 2 aromatic rings. The van der Waals surface area contributed by atoms with E-state index in [0.29, 0.717) is 29.6 Å². The number of carbonyl (C=O) groups is 1. The zero-order valence-electron chi connectivity index (χ0n) is 15.6. The van der Waals surface area contributed by atoms with Crippen LogP contribution in [0, 0.1) is 6.92 Å². The SMILES string of the molecule is CN=C(NCCC(=O)Nc1ccc(C)cc1Cl)NCCc1ccccc1.I. The molecule has 146 valence electrons. The van der Waals surface area contributed by atoms with E-state index in [0.717, 1.165) is 18.5 Å². The van der Waals surface area contributed by atoms with Gasteiger partial charge in [-0.1, -0.05) is 48.0 Å². The Kier molecular flexibility index (Phi) is 10.8. The standard InChI is InChI=1S/C20H25ClN4O.HI/c1-15-8-9-18(17(21)14-15)25-19(26)11-13-24-20(22-2)23-12-10-16-6-4-3-5-7-16;/h3-9,14H,10-13H2,1-2H3,(H,25,26)(H2,22,23,24);1H. The van der Waals surface area contributed by atoms with E-state index in [1.807, 2.05) is 43.3 Å². The van der Waals surface area contributed by atoms with Crippen LogP contribution in [0.5, 0.6) is 0 Å². The van der Waals surface area contributed by atoms with E-state index in [1.54, 1.807) is 7.05 Å². The van der Waals surface area contributed by atoms with E-state index < -0.39 is 0 Å². The third-order valence-electron chi connectivity index (χ3n) is 3.82. The number of anilines is 1. The molecule has 0 spiro atoms. The van der Waals surface area contributed by atoms with Gasteiger partial charge in [0.1, 0.15) is 0 Å². The fourth-order valence-corrected chi connectivity index (χ4v) is 2.70. The maximum absolute atomic E-state index is 12.0. The summed E-state index contributed by atoms with van der Waals surface area (Å²) in [5.41, 5.74) is 2.96. The Hall–Kier alpha value is -1.80. The number of nitrogens with zero attached hydrogens (tertiary/aromatic N) is 1. The second-order valence-corrected chi connectivity index (χ2v) is 6.35. The van der Waals surface area contributed by atoms with Gasteiger partial charge in [-0.25, -0.2) is 0 Å². The predicted octanol–water partition coefficient (Wildman–Crippen LogP) is 4.00. The molecule has 0 aliphatic rings. The molecule has 0 aliphatic heterocycles. The summed E-state index contributed by atoms with van der Waals surface area (Å²) in [6.07, 6.45) is 1.23. The Morgan fingerprint density at radius 1 is 1.07 bits per heavy atom. The van der Waals surface area contributed by atoms with E-state index in [2.05, 4.69) is 33.1 Å². The number of halogens is 2. The van der Waals surface area contributed by atoms with Crippen molar-refractivity contribution in [2.24, 2.45) is 4.99 Å². The van der Waals surface area contributed by atoms with E-state index in [-0.39, 0.29) is 29.9 Å². The summed E-state index contributed by atoms with van der Waals surface area (Å²) in [6.45, 7) is 3.22. The average Bonchev–Trinajstić information content (AvgIpc) is 2.63. The van der Waals surface area contributed by atoms with Crippen molar-refractivity contribution in [2.75, 3.05) is 25.5 Å². The normalized spacial score (nSPS) is 10.7. The van der Waals surface area contributed by atoms with Crippen LogP contribution in [-0.2, 0) is 11.2 Å². The zero-order chi connectivity index (χ0) is 18.8. The van der Waals surface area contributed by atoms with Crippen LogP contribution in [0.25, 0.3) is 0 Å². The Balaban J connectivity index is 0.00000364. The van der Waals surface area contributed by atoms with Gasteiger partial charge in [-0.2, -0.15) is 0 Å². The molecule has 0 heterocycles. The van der Waals surface area contributed by atoms with Crippen molar-refractivity contribution in [3.63, 3.8) is 0 Å². The van der Waals surface area contributed by atoms with Crippen molar-refractivity contribution < 1.29 is 4.79 Å². The Morgan fingerprint density at radius 3 is 2.44 bits per heavy atom. The highest BCUT2D eigenvalue weighted by Crippen LogP contribution is 2.22. The molecule has 0 aromatic heterocycles. The number of aliphatic imine (C=N–C) groups is 1. The van der Waals surface area contributed by atoms with Crippen LogP contribution in [0.15, 0.2) is 53.5 Å². The maximum atomic E-state index is 12.0. The molecule has 1 amide bonds. The Morgan fingerprint density at radius 2 is 1.78 bits per heavy atom. The zero-order valence-corrected chi connectivity index (χ0v) is 18.7. The van der Waals surface area contributed by atoms with Crippen LogP contribution in [0.2, 0.25) is 5.02 Å². The van der Waals surface area contributed by atoms with E-state index >= 15 is 0 Å². The van der Waals surface area contributed by atoms with Gasteiger partial charge >= 0.3 is 0 Å².